The molecule has 3 nitrogen and oxygen atoms in total. The van der Waals surface area contributed by atoms with Gasteiger partial charge in [-0.15, -0.1) is 0 Å². The van der Waals surface area contributed by atoms with Crippen LogP contribution in [0.1, 0.15) is 24.3 Å². The molecule has 3 heteroatoms. The van der Waals surface area contributed by atoms with Gasteiger partial charge in [0.05, 0.1) is 12.3 Å². The lowest BCUT2D eigenvalue weighted by Crippen LogP contribution is -1.89. The van der Waals surface area contributed by atoms with E-state index in [1.807, 2.05) is 11.7 Å². The van der Waals surface area contributed by atoms with E-state index >= 15 is 0 Å². The number of rotatable bonds is 2. The Morgan fingerprint density at radius 1 is 1.82 bits per heavy atom. The first kappa shape index (κ1) is 6.85. The van der Waals surface area contributed by atoms with Crippen LogP contribution in [0.2, 0.25) is 0 Å². The lowest BCUT2D eigenvalue weighted by atomic mass is 10.1. The summed E-state index contributed by atoms with van der Waals surface area (Å²) in [4.78, 5) is 0. The number of epoxide rings is 1. The molecule has 1 unspecified atom stereocenters. The Bertz CT molecular complexity index is 263. The third-order valence-electron chi connectivity index (χ3n) is 1.95. The first-order chi connectivity index (χ1) is 5.31. The van der Waals surface area contributed by atoms with E-state index in [-0.39, 0.29) is 0 Å². The van der Waals surface area contributed by atoms with Crippen molar-refractivity contribution in [1.29, 1.82) is 0 Å². The van der Waals surface area contributed by atoms with Crippen molar-refractivity contribution in [2.24, 2.45) is 7.05 Å². The molecule has 1 aromatic heterocycles. The summed E-state index contributed by atoms with van der Waals surface area (Å²) in [7, 11) is 1.95. The lowest BCUT2D eigenvalue weighted by Gasteiger charge is -1.90. The van der Waals surface area contributed by atoms with Crippen molar-refractivity contribution in [2.75, 3.05) is 6.61 Å². The fraction of sp³-hybridized carbons (Fsp3) is 0.625. The summed E-state index contributed by atoms with van der Waals surface area (Å²) >= 11 is 0. The van der Waals surface area contributed by atoms with Gasteiger partial charge in [0, 0.05) is 18.8 Å². The minimum atomic E-state index is 0.346. The molecule has 1 aliphatic heterocycles. The largest absolute Gasteiger partial charge is 0.368 e. The summed E-state index contributed by atoms with van der Waals surface area (Å²) in [6.45, 7) is 2.99. The zero-order valence-corrected chi connectivity index (χ0v) is 6.87. The van der Waals surface area contributed by atoms with E-state index in [9.17, 15) is 0 Å². The van der Waals surface area contributed by atoms with Crippen LogP contribution in [0.15, 0.2) is 6.20 Å². The highest BCUT2D eigenvalue weighted by Crippen LogP contribution is 2.31. The molecule has 0 aromatic carbocycles. The quantitative estimate of drug-likeness (QED) is 0.593. The third-order valence-corrected chi connectivity index (χ3v) is 1.95. The number of aromatic nitrogens is 2. The molecule has 1 aliphatic rings. The maximum absolute atomic E-state index is 5.20. The van der Waals surface area contributed by atoms with Crippen molar-refractivity contribution in [3.05, 3.63) is 17.5 Å². The number of hydrogen-bond donors (Lipinski definition) is 0. The normalized spacial score (nSPS) is 22.2. The Labute approximate surface area is 66.0 Å². The van der Waals surface area contributed by atoms with Crippen LogP contribution in [0.3, 0.4) is 0 Å². The number of aryl methyl sites for hydroxylation is 2. The summed E-state index contributed by atoms with van der Waals surface area (Å²) in [5.41, 5.74) is 2.45. The molecule has 0 radical (unpaired) electrons. The van der Waals surface area contributed by atoms with Gasteiger partial charge in [0.1, 0.15) is 6.10 Å². The second-order valence-electron chi connectivity index (χ2n) is 2.88. The molecular formula is C8H12N2O. The standard InChI is InChI=1S/C8H12N2O/c1-3-7-6(8-5-11-8)4-10(2)9-7/h4,8H,3,5H2,1-2H3. The fourth-order valence-corrected chi connectivity index (χ4v) is 1.32. The molecule has 0 saturated carbocycles. The molecule has 1 saturated heterocycles. The summed E-state index contributed by atoms with van der Waals surface area (Å²) in [6.07, 6.45) is 3.39. The molecule has 0 bridgehead atoms. The maximum atomic E-state index is 5.20. The zero-order valence-electron chi connectivity index (χ0n) is 6.87. The predicted molar refractivity (Wildman–Crippen MR) is 41.3 cm³/mol. The second kappa shape index (κ2) is 2.34. The third kappa shape index (κ3) is 1.16. The van der Waals surface area contributed by atoms with Gasteiger partial charge in [-0.25, -0.2) is 0 Å². The summed E-state index contributed by atoms with van der Waals surface area (Å²) in [6, 6.07) is 0. The average molecular weight is 152 g/mol. The molecule has 0 amide bonds. The Balaban J connectivity index is 2.34. The molecule has 11 heavy (non-hydrogen) atoms. The number of ether oxygens (including phenoxy) is 1. The summed E-state index contributed by atoms with van der Waals surface area (Å²) in [5, 5.41) is 4.33. The molecule has 1 aromatic rings. The first-order valence-corrected chi connectivity index (χ1v) is 3.95. The highest BCUT2D eigenvalue weighted by Gasteiger charge is 2.28. The molecule has 0 N–H and O–H groups in total. The van der Waals surface area contributed by atoms with Crippen molar-refractivity contribution < 1.29 is 4.74 Å². The molecule has 1 fully saturated rings. The monoisotopic (exact) mass is 152 g/mol. The van der Waals surface area contributed by atoms with Crippen LogP contribution in [0.5, 0.6) is 0 Å². The van der Waals surface area contributed by atoms with Gasteiger partial charge in [0.25, 0.3) is 0 Å². The minimum Gasteiger partial charge on any atom is -0.368 e. The van der Waals surface area contributed by atoms with E-state index in [2.05, 4.69) is 18.2 Å². The van der Waals surface area contributed by atoms with Gasteiger partial charge in [-0.2, -0.15) is 5.10 Å². The van der Waals surface area contributed by atoms with E-state index in [0.717, 1.165) is 13.0 Å². The van der Waals surface area contributed by atoms with Gasteiger partial charge in [0.15, 0.2) is 0 Å². The molecule has 2 heterocycles. The zero-order chi connectivity index (χ0) is 7.84. The summed E-state index contributed by atoms with van der Waals surface area (Å²) < 4.78 is 7.05. The molecule has 2 rings (SSSR count). The van der Waals surface area contributed by atoms with Gasteiger partial charge >= 0.3 is 0 Å². The van der Waals surface area contributed by atoms with Crippen molar-refractivity contribution in [1.82, 2.24) is 9.78 Å². The van der Waals surface area contributed by atoms with Gasteiger partial charge in [-0.1, -0.05) is 6.92 Å². The smallest absolute Gasteiger partial charge is 0.109 e. The van der Waals surface area contributed by atoms with Crippen molar-refractivity contribution in [2.45, 2.75) is 19.4 Å². The van der Waals surface area contributed by atoms with Gasteiger partial charge < -0.3 is 4.74 Å². The highest BCUT2D eigenvalue weighted by atomic mass is 16.6. The van der Waals surface area contributed by atoms with Crippen molar-refractivity contribution >= 4 is 0 Å². The van der Waals surface area contributed by atoms with Crippen LogP contribution in [-0.4, -0.2) is 16.4 Å². The van der Waals surface area contributed by atoms with E-state index in [1.54, 1.807) is 0 Å². The van der Waals surface area contributed by atoms with E-state index in [0.29, 0.717) is 6.10 Å². The molecule has 1 atom stereocenters. The van der Waals surface area contributed by atoms with Crippen LogP contribution in [0.4, 0.5) is 0 Å². The Hall–Kier alpha value is -0.830. The Kier molecular flexibility index (Phi) is 1.46. The topological polar surface area (TPSA) is 30.4 Å². The van der Waals surface area contributed by atoms with E-state index < -0.39 is 0 Å². The first-order valence-electron chi connectivity index (χ1n) is 3.95. The molecule has 0 spiro atoms. The van der Waals surface area contributed by atoms with E-state index in [4.69, 9.17) is 4.74 Å². The van der Waals surface area contributed by atoms with Crippen molar-refractivity contribution in [3.8, 4) is 0 Å². The van der Waals surface area contributed by atoms with Crippen LogP contribution in [-0.2, 0) is 18.2 Å². The van der Waals surface area contributed by atoms with Crippen LogP contribution in [0, 0.1) is 0 Å². The van der Waals surface area contributed by atoms with Crippen molar-refractivity contribution in [3.63, 3.8) is 0 Å². The van der Waals surface area contributed by atoms with Crippen LogP contribution in [0.25, 0.3) is 0 Å². The number of nitrogens with zero attached hydrogens (tertiary/aromatic N) is 2. The Morgan fingerprint density at radius 2 is 2.55 bits per heavy atom. The molecule has 0 aliphatic carbocycles. The average Bonchev–Trinajstić information content (AvgIpc) is 2.75. The predicted octanol–water partition coefficient (Wildman–Crippen LogP) is 1.05. The lowest BCUT2D eigenvalue weighted by molar-refractivity contribution is 0.414. The minimum absolute atomic E-state index is 0.346. The van der Waals surface area contributed by atoms with Gasteiger partial charge in [-0.05, 0) is 6.42 Å². The maximum Gasteiger partial charge on any atom is 0.109 e. The van der Waals surface area contributed by atoms with Crippen LogP contribution >= 0.6 is 0 Å². The summed E-state index contributed by atoms with van der Waals surface area (Å²) in [5.74, 6) is 0. The SMILES string of the molecule is CCc1nn(C)cc1C1CO1. The fourth-order valence-electron chi connectivity index (χ4n) is 1.32. The van der Waals surface area contributed by atoms with Gasteiger partial charge in [0.2, 0.25) is 0 Å². The molecule has 60 valence electrons. The molecular weight excluding hydrogens is 140 g/mol. The van der Waals surface area contributed by atoms with Gasteiger partial charge in [-0.3, -0.25) is 4.68 Å². The Morgan fingerprint density at radius 3 is 3.09 bits per heavy atom. The highest BCUT2D eigenvalue weighted by molar-refractivity contribution is 5.22. The van der Waals surface area contributed by atoms with E-state index in [1.165, 1.54) is 11.3 Å². The van der Waals surface area contributed by atoms with Crippen LogP contribution < -0.4 is 0 Å². The number of hydrogen-bond acceptors (Lipinski definition) is 2. The second-order valence-corrected chi connectivity index (χ2v) is 2.88.